The van der Waals surface area contributed by atoms with Crippen molar-refractivity contribution in [2.24, 2.45) is 0 Å². The second-order valence-electron chi connectivity index (χ2n) is 7.19. The smallest absolute Gasteiger partial charge is 0.321 e. The molecule has 8 heteroatoms. The van der Waals surface area contributed by atoms with Crippen LogP contribution in [-0.4, -0.2) is 53.7 Å². The third-order valence-electron chi connectivity index (χ3n) is 5.07. The van der Waals surface area contributed by atoms with E-state index in [1.54, 1.807) is 34.1 Å². The zero-order chi connectivity index (χ0) is 21.7. The van der Waals surface area contributed by atoms with Crippen molar-refractivity contribution in [3.63, 3.8) is 0 Å². The standard InChI is InChI=1S/C22H23BrClN3O3/c1-15-2-7-18(14-19(15)24)25-22(30)27-12-10-26(11-13-27)21(29)9-8-20(28)16-3-5-17(23)6-4-16/h2-7,14H,8-13H2,1H3,(H,25,30). The summed E-state index contributed by atoms with van der Waals surface area (Å²) >= 11 is 9.44. The van der Waals surface area contributed by atoms with Crippen LogP contribution in [0.25, 0.3) is 0 Å². The van der Waals surface area contributed by atoms with Crippen LogP contribution >= 0.6 is 27.5 Å². The fourth-order valence-electron chi connectivity index (χ4n) is 3.19. The molecule has 0 saturated carbocycles. The van der Waals surface area contributed by atoms with E-state index in [9.17, 15) is 14.4 Å². The molecule has 0 aromatic heterocycles. The van der Waals surface area contributed by atoms with Crippen LogP contribution in [0.2, 0.25) is 5.02 Å². The highest BCUT2D eigenvalue weighted by molar-refractivity contribution is 9.10. The number of anilines is 1. The molecule has 0 atom stereocenters. The molecule has 1 N–H and O–H groups in total. The Bertz CT molecular complexity index is 941. The lowest BCUT2D eigenvalue weighted by atomic mass is 10.1. The molecule has 3 amide bonds. The summed E-state index contributed by atoms with van der Waals surface area (Å²) in [7, 11) is 0. The maximum absolute atomic E-state index is 12.5. The number of carbonyl (C=O) groups excluding carboxylic acids is 3. The van der Waals surface area contributed by atoms with Gasteiger partial charge >= 0.3 is 6.03 Å². The van der Waals surface area contributed by atoms with Gasteiger partial charge in [-0.3, -0.25) is 9.59 Å². The Morgan fingerprint density at radius 3 is 2.23 bits per heavy atom. The van der Waals surface area contributed by atoms with Crippen LogP contribution in [-0.2, 0) is 4.79 Å². The fourth-order valence-corrected chi connectivity index (χ4v) is 3.64. The summed E-state index contributed by atoms with van der Waals surface area (Å²) in [4.78, 5) is 40.5. The topological polar surface area (TPSA) is 69.7 Å². The first-order chi connectivity index (χ1) is 14.3. The zero-order valence-corrected chi connectivity index (χ0v) is 19.0. The number of benzene rings is 2. The number of urea groups is 1. The molecule has 158 valence electrons. The summed E-state index contributed by atoms with van der Waals surface area (Å²) in [6.07, 6.45) is 0.346. The SMILES string of the molecule is Cc1ccc(NC(=O)N2CCN(C(=O)CCC(=O)c3ccc(Br)cc3)CC2)cc1Cl. The van der Waals surface area contributed by atoms with Crippen molar-refractivity contribution in [2.45, 2.75) is 19.8 Å². The highest BCUT2D eigenvalue weighted by Crippen LogP contribution is 2.20. The largest absolute Gasteiger partial charge is 0.339 e. The van der Waals surface area contributed by atoms with Crippen LogP contribution in [0.3, 0.4) is 0 Å². The maximum Gasteiger partial charge on any atom is 0.321 e. The van der Waals surface area contributed by atoms with Gasteiger partial charge in [-0.15, -0.1) is 0 Å². The van der Waals surface area contributed by atoms with Gasteiger partial charge in [-0.1, -0.05) is 45.7 Å². The highest BCUT2D eigenvalue weighted by Gasteiger charge is 2.24. The Morgan fingerprint density at radius 2 is 1.60 bits per heavy atom. The molecule has 0 bridgehead atoms. The number of aryl methyl sites for hydroxylation is 1. The average molecular weight is 493 g/mol. The first-order valence-corrected chi connectivity index (χ1v) is 10.9. The molecule has 2 aromatic rings. The molecule has 1 aliphatic heterocycles. The fraction of sp³-hybridized carbons (Fsp3) is 0.318. The van der Waals surface area contributed by atoms with E-state index in [1.165, 1.54) is 0 Å². The molecule has 0 unspecified atom stereocenters. The molecule has 2 aromatic carbocycles. The van der Waals surface area contributed by atoms with E-state index in [0.29, 0.717) is 42.5 Å². The van der Waals surface area contributed by atoms with Crippen molar-refractivity contribution in [1.29, 1.82) is 0 Å². The van der Waals surface area contributed by atoms with Gasteiger partial charge in [0.25, 0.3) is 0 Å². The van der Waals surface area contributed by atoms with Gasteiger partial charge in [0.2, 0.25) is 5.91 Å². The molecule has 0 radical (unpaired) electrons. The van der Waals surface area contributed by atoms with Crippen molar-refractivity contribution in [2.75, 3.05) is 31.5 Å². The first kappa shape index (κ1) is 22.3. The number of nitrogens with zero attached hydrogens (tertiary/aromatic N) is 2. The number of hydrogen-bond donors (Lipinski definition) is 1. The van der Waals surface area contributed by atoms with Gasteiger partial charge in [0.05, 0.1) is 0 Å². The summed E-state index contributed by atoms with van der Waals surface area (Å²) in [5.41, 5.74) is 2.18. The number of hydrogen-bond acceptors (Lipinski definition) is 3. The molecule has 1 aliphatic rings. The lowest BCUT2D eigenvalue weighted by Gasteiger charge is -2.34. The number of halogens is 2. The minimum atomic E-state index is -0.215. The lowest BCUT2D eigenvalue weighted by Crippen LogP contribution is -2.51. The quantitative estimate of drug-likeness (QED) is 0.612. The Hall–Kier alpha value is -2.38. The monoisotopic (exact) mass is 491 g/mol. The number of amides is 3. The molecule has 1 saturated heterocycles. The Balaban J connectivity index is 1.44. The van der Waals surface area contributed by atoms with Crippen LogP contribution in [0.15, 0.2) is 46.9 Å². The summed E-state index contributed by atoms with van der Waals surface area (Å²) in [6, 6.07) is 12.3. The molecule has 30 heavy (non-hydrogen) atoms. The van der Waals surface area contributed by atoms with E-state index in [0.717, 1.165) is 10.0 Å². The maximum atomic E-state index is 12.5. The van der Waals surface area contributed by atoms with Crippen molar-refractivity contribution in [1.82, 2.24) is 9.80 Å². The van der Waals surface area contributed by atoms with Gasteiger partial charge in [0.15, 0.2) is 5.78 Å². The van der Waals surface area contributed by atoms with Gasteiger partial charge in [-0.2, -0.15) is 0 Å². The number of carbonyl (C=O) groups is 3. The van der Waals surface area contributed by atoms with Crippen molar-refractivity contribution < 1.29 is 14.4 Å². The number of ketones is 1. The number of nitrogens with one attached hydrogen (secondary N) is 1. The number of Topliss-reactive ketones (excluding diaryl/α,β-unsaturated/α-hetero) is 1. The van der Waals surface area contributed by atoms with E-state index in [1.807, 2.05) is 25.1 Å². The summed E-state index contributed by atoms with van der Waals surface area (Å²) in [5.74, 6) is -0.114. The minimum absolute atomic E-state index is 0.0503. The van der Waals surface area contributed by atoms with Crippen molar-refractivity contribution in [3.05, 3.63) is 63.1 Å². The van der Waals surface area contributed by atoms with Crippen LogP contribution in [0.5, 0.6) is 0 Å². The average Bonchev–Trinajstić information content (AvgIpc) is 2.75. The molecule has 6 nitrogen and oxygen atoms in total. The van der Waals surface area contributed by atoms with Gasteiger partial charge < -0.3 is 15.1 Å². The van der Waals surface area contributed by atoms with Crippen LogP contribution < -0.4 is 5.32 Å². The van der Waals surface area contributed by atoms with E-state index < -0.39 is 0 Å². The zero-order valence-electron chi connectivity index (χ0n) is 16.7. The second kappa shape index (κ2) is 10.1. The van der Waals surface area contributed by atoms with Crippen LogP contribution in [0.1, 0.15) is 28.8 Å². The van der Waals surface area contributed by atoms with Crippen LogP contribution in [0, 0.1) is 6.92 Å². The number of rotatable bonds is 5. The van der Waals surface area contributed by atoms with Gasteiger partial charge in [-0.05, 0) is 36.8 Å². The van der Waals surface area contributed by atoms with Crippen molar-refractivity contribution in [3.8, 4) is 0 Å². The van der Waals surface area contributed by atoms with E-state index >= 15 is 0 Å². The summed E-state index contributed by atoms with van der Waals surface area (Å²) < 4.78 is 0.905. The van der Waals surface area contributed by atoms with E-state index in [-0.39, 0.29) is 30.6 Å². The van der Waals surface area contributed by atoms with Crippen LogP contribution in [0.4, 0.5) is 10.5 Å². The molecule has 1 fully saturated rings. The molecule has 3 rings (SSSR count). The summed E-state index contributed by atoms with van der Waals surface area (Å²) in [6.45, 7) is 3.69. The third kappa shape index (κ3) is 5.83. The molecule has 1 heterocycles. The normalized spacial score (nSPS) is 13.8. The van der Waals surface area contributed by atoms with Crippen molar-refractivity contribution >= 4 is 50.9 Å². The Labute approximate surface area is 189 Å². The minimum Gasteiger partial charge on any atom is -0.339 e. The second-order valence-corrected chi connectivity index (χ2v) is 8.51. The lowest BCUT2D eigenvalue weighted by molar-refractivity contribution is -0.132. The van der Waals surface area contributed by atoms with E-state index in [4.69, 9.17) is 11.6 Å². The molecule has 0 spiro atoms. The highest BCUT2D eigenvalue weighted by atomic mass is 79.9. The molecular weight excluding hydrogens is 470 g/mol. The Kier molecular flexibility index (Phi) is 7.50. The summed E-state index contributed by atoms with van der Waals surface area (Å²) in [5, 5.41) is 3.44. The third-order valence-corrected chi connectivity index (χ3v) is 6.01. The Morgan fingerprint density at radius 1 is 0.967 bits per heavy atom. The molecular formula is C22H23BrClN3O3. The van der Waals surface area contributed by atoms with E-state index in [2.05, 4.69) is 21.2 Å². The van der Waals surface area contributed by atoms with Gasteiger partial charge in [0, 0.05) is 59.8 Å². The first-order valence-electron chi connectivity index (χ1n) is 9.72. The predicted molar refractivity (Wildman–Crippen MR) is 121 cm³/mol. The molecule has 0 aliphatic carbocycles. The predicted octanol–water partition coefficient (Wildman–Crippen LogP) is 4.75. The van der Waals surface area contributed by atoms with Gasteiger partial charge in [-0.25, -0.2) is 4.79 Å². The van der Waals surface area contributed by atoms with Gasteiger partial charge in [0.1, 0.15) is 0 Å². The number of piperazine rings is 1.